The Balaban J connectivity index is 1.74. The summed E-state index contributed by atoms with van der Waals surface area (Å²) in [6.07, 6.45) is 4.56. The zero-order valence-corrected chi connectivity index (χ0v) is 11.6. The molecule has 3 rings (SSSR count). The Bertz CT molecular complexity index is 578. The lowest BCUT2D eigenvalue weighted by atomic mass is 9.91. The van der Waals surface area contributed by atoms with Crippen molar-refractivity contribution in [3.05, 3.63) is 24.1 Å². The lowest BCUT2D eigenvalue weighted by Gasteiger charge is -2.36. The topological polar surface area (TPSA) is 75.5 Å². The standard InChI is InChI=1S/C15H21N3O2/c16-11-5-6-14-13(9-11)17-15(20-14)10-18(7-2-8-19)12-3-1-4-12/h5-6,9,12,19H,1-4,7-8,10,16H2. The molecular formula is C15H21N3O2. The minimum Gasteiger partial charge on any atom is -0.439 e. The second-order valence-electron chi connectivity index (χ2n) is 5.47. The number of fused-ring (bicyclic) bond motifs is 1. The Morgan fingerprint density at radius 3 is 2.95 bits per heavy atom. The summed E-state index contributed by atoms with van der Waals surface area (Å²) in [5, 5.41) is 9.02. The van der Waals surface area contributed by atoms with Gasteiger partial charge in [-0.05, 0) is 37.5 Å². The Labute approximate surface area is 118 Å². The average molecular weight is 275 g/mol. The van der Waals surface area contributed by atoms with Crippen molar-refractivity contribution >= 4 is 16.8 Å². The number of nitrogens with two attached hydrogens (primary N) is 1. The molecule has 1 heterocycles. The van der Waals surface area contributed by atoms with E-state index in [0.29, 0.717) is 18.3 Å². The zero-order chi connectivity index (χ0) is 13.9. The third-order valence-electron chi connectivity index (χ3n) is 3.99. The molecule has 0 atom stereocenters. The van der Waals surface area contributed by atoms with Crippen LogP contribution in [0.15, 0.2) is 22.6 Å². The van der Waals surface area contributed by atoms with E-state index in [9.17, 15) is 0 Å². The van der Waals surface area contributed by atoms with Crippen LogP contribution < -0.4 is 5.73 Å². The molecule has 0 amide bonds. The minimum absolute atomic E-state index is 0.229. The van der Waals surface area contributed by atoms with Crippen molar-refractivity contribution in [1.82, 2.24) is 9.88 Å². The van der Waals surface area contributed by atoms with Crippen LogP contribution in [0, 0.1) is 0 Å². The Kier molecular flexibility index (Phi) is 3.89. The van der Waals surface area contributed by atoms with Crippen LogP contribution in [0.4, 0.5) is 5.69 Å². The van der Waals surface area contributed by atoms with Crippen LogP contribution in [-0.4, -0.2) is 34.2 Å². The summed E-state index contributed by atoms with van der Waals surface area (Å²) in [6, 6.07) is 6.14. The predicted molar refractivity (Wildman–Crippen MR) is 78.2 cm³/mol. The lowest BCUT2D eigenvalue weighted by Crippen LogP contribution is -2.40. The number of nitrogens with zero attached hydrogens (tertiary/aromatic N) is 2. The molecule has 0 unspecified atom stereocenters. The number of hydrogen-bond donors (Lipinski definition) is 2. The van der Waals surface area contributed by atoms with Gasteiger partial charge in [0.15, 0.2) is 5.58 Å². The zero-order valence-electron chi connectivity index (χ0n) is 11.6. The van der Waals surface area contributed by atoms with Gasteiger partial charge < -0.3 is 15.3 Å². The van der Waals surface area contributed by atoms with Crippen molar-refractivity contribution < 1.29 is 9.52 Å². The van der Waals surface area contributed by atoms with Gasteiger partial charge in [0, 0.05) is 24.9 Å². The molecule has 0 radical (unpaired) electrons. The Hall–Kier alpha value is -1.59. The molecule has 5 nitrogen and oxygen atoms in total. The normalized spacial score (nSPS) is 15.9. The highest BCUT2D eigenvalue weighted by atomic mass is 16.3. The van der Waals surface area contributed by atoms with E-state index in [1.54, 1.807) is 0 Å². The minimum atomic E-state index is 0.229. The molecule has 1 fully saturated rings. The molecule has 0 aliphatic heterocycles. The fraction of sp³-hybridized carbons (Fsp3) is 0.533. The van der Waals surface area contributed by atoms with Crippen molar-refractivity contribution in [1.29, 1.82) is 0 Å². The maximum atomic E-state index is 9.02. The number of rotatable bonds is 6. The van der Waals surface area contributed by atoms with Gasteiger partial charge in [-0.15, -0.1) is 0 Å². The summed E-state index contributed by atoms with van der Waals surface area (Å²) in [5.41, 5.74) is 8.06. The first kappa shape index (κ1) is 13.4. The third-order valence-corrected chi connectivity index (χ3v) is 3.99. The quantitative estimate of drug-likeness (QED) is 0.790. The smallest absolute Gasteiger partial charge is 0.209 e. The van der Waals surface area contributed by atoms with Crippen LogP contribution in [0.2, 0.25) is 0 Å². The molecule has 20 heavy (non-hydrogen) atoms. The van der Waals surface area contributed by atoms with Gasteiger partial charge in [0.25, 0.3) is 0 Å². The van der Waals surface area contributed by atoms with Crippen LogP contribution in [0.25, 0.3) is 11.1 Å². The number of benzene rings is 1. The van der Waals surface area contributed by atoms with E-state index in [1.165, 1.54) is 19.3 Å². The van der Waals surface area contributed by atoms with Crippen molar-refractivity contribution in [3.63, 3.8) is 0 Å². The van der Waals surface area contributed by atoms with E-state index in [4.69, 9.17) is 15.3 Å². The number of aliphatic hydroxyl groups is 1. The van der Waals surface area contributed by atoms with Crippen LogP contribution in [-0.2, 0) is 6.54 Å². The number of oxazole rings is 1. The summed E-state index contributed by atoms with van der Waals surface area (Å²) >= 11 is 0. The average Bonchev–Trinajstić information content (AvgIpc) is 2.75. The number of anilines is 1. The van der Waals surface area contributed by atoms with Gasteiger partial charge in [0.2, 0.25) is 5.89 Å². The highest BCUT2D eigenvalue weighted by Crippen LogP contribution is 2.27. The van der Waals surface area contributed by atoms with Gasteiger partial charge in [0.05, 0.1) is 6.54 Å². The number of nitrogen functional groups attached to an aromatic ring is 1. The van der Waals surface area contributed by atoms with Crippen molar-refractivity contribution in [2.45, 2.75) is 38.3 Å². The summed E-state index contributed by atoms with van der Waals surface area (Å²) in [6.45, 7) is 1.83. The molecule has 2 aromatic rings. The van der Waals surface area contributed by atoms with Crippen LogP contribution in [0.5, 0.6) is 0 Å². The number of aliphatic hydroxyl groups excluding tert-OH is 1. The van der Waals surface area contributed by atoms with Crippen molar-refractivity contribution in [2.75, 3.05) is 18.9 Å². The second-order valence-corrected chi connectivity index (χ2v) is 5.47. The first-order valence-corrected chi connectivity index (χ1v) is 7.26. The molecule has 1 aliphatic rings. The molecule has 108 valence electrons. The number of aromatic nitrogens is 1. The third kappa shape index (κ3) is 2.78. The summed E-state index contributed by atoms with van der Waals surface area (Å²) in [4.78, 5) is 6.88. The molecular weight excluding hydrogens is 254 g/mol. The van der Waals surface area contributed by atoms with Gasteiger partial charge in [-0.2, -0.15) is 0 Å². The lowest BCUT2D eigenvalue weighted by molar-refractivity contribution is 0.100. The first-order chi connectivity index (χ1) is 9.76. The van der Waals surface area contributed by atoms with E-state index >= 15 is 0 Å². The van der Waals surface area contributed by atoms with E-state index in [1.807, 2.05) is 18.2 Å². The summed E-state index contributed by atoms with van der Waals surface area (Å²) in [7, 11) is 0. The maximum absolute atomic E-state index is 9.02. The van der Waals surface area contributed by atoms with Crippen molar-refractivity contribution in [2.24, 2.45) is 0 Å². The largest absolute Gasteiger partial charge is 0.439 e. The van der Waals surface area contributed by atoms with Crippen LogP contribution >= 0.6 is 0 Å². The highest BCUT2D eigenvalue weighted by molar-refractivity contribution is 5.76. The first-order valence-electron chi connectivity index (χ1n) is 7.26. The summed E-state index contributed by atoms with van der Waals surface area (Å²) in [5.74, 6) is 0.732. The molecule has 1 aliphatic carbocycles. The maximum Gasteiger partial charge on any atom is 0.209 e. The van der Waals surface area contributed by atoms with E-state index in [-0.39, 0.29) is 6.61 Å². The molecule has 0 spiro atoms. The molecule has 1 saturated carbocycles. The molecule has 1 aromatic carbocycles. The van der Waals surface area contributed by atoms with E-state index in [2.05, 4.69) is 9.88 Å². The summed E-state index contributed by atoms with van der Waals surface area (Å²) < 4.78 is 5.78. The molecule has 0 bridgehead atoms. The molecule has 0 saturated heterocycles. The van der Waals surface area contributed by atoms with Crippen LogP contribution in [0.3, 0.4) is 0 Å². The SMILES string of the molecule is Nc1ccc2oc(CN(CCCO)C3CCC3)nc2c1. The Morgan fingerprint density at radius 1 is 1.40 bits per heavy atom. The second kappa shape index (κ2) is 5.81. The fourth-order valence-corrected chi connectivity index (χ4v) is 2.65. The molecule has 1 aromatic heterocycles. The van der Waals surface area contributed by atoms with E-state index < -0.39 is 0 Å². The predicted octanol–water partition coefficient (Wildman–Crippen LogP) is 2.15. The molecule has 5 heteroatoms. The van der Waals surface area contributed by atoms with Gasteiger partial charge in [-0.25, -0.2) is 4.98 Å². The van der Waals surface area contributed by atoms with Crippen LogP contribution in [0.1, 0.15) is 31.6 Å². The monoisotopic (exact) mass is 275 g/mol. The van der Waals surface area contributed by atoms with Crippen molar-refractivity contribution in [3.8, 4) is 0 Å². The Morgan fingerprint density at radius 2 is 2.25 bits per heavy atom. The fourth-order valence-electron chi connectivity index (χ4n) is 2.65. The van der Waals surface area contributed by atoms with Gasteiger partial charge in [-0.1, -0.05) is 6.42 Å². The highest BCUT2D eigenvalue weighted by Gasteiger charge is 2.25. The van der Waals surface area contributed by atoms with Gasteiger partial charge >= 0.3 is 0 Å². The van der Waals surface area contributed by atoms with Gasteiger partial charge in [-0.3, -0.25) is 4.90 Å². The van der Waals surface area contributed by atoms with E-state index in [0.717, 1.165) is 30.0 Å². The number of hydrogen-bond acceptors (Lipinski definition) is 5. The van der Waals surface area contributed by atoms with Gasteiger partial charge in [0.1, 0.15) is 5.52 Å². The molecule has 3 N–H and O–H groups in total.